The standard InChI is InChI=1S/C14H9N3O2/c15-9-10-3-1-4-11(7-10)12(18)8-13(19)14-16-5-2-6-17-14/h1-7H,8H2. The van der Waals surface area contributed by atoms with Crippen molar-refractivity contribution in [1.29, 1.82) is 5.26 Å². The van der Waals surface area contributed by atoms with Gasteiger partial charge in [0.15, 0.2) is 11.6 Å². The average molecular weight is 251 g/mol. The molecule has 0 aliphatic rings. The lowest BCUT2D eigenvalue weighted by atomic mass is 10.0. The number of rotatable bonds is 4. The van der Waals surface area contributed by atoms with Gasteiger partial charge in [-0.1, -0.05) is 12.1 Å². The molecule has 5 nitrogen and oxygen atoms in total. The van der Waals surface area contributed by atoms with E-state index < -0.39 is 5.78 Å². The van der Waals surface area contributed by atoms with Crippen LogP contribution in [0.25, 0.3) is 0 Å². The van der Waals surface area contributed by atoms with Crippen molar-refractivity contribution in [2.24, 2.45) is 0 Å². The first-order valence-corrected chi connectivity index (χ1v) is 5.54. The van der Waals surface area contributed by atoms with Crippen LogP contribution in [0.2, 0.25) is 0 Å². The van der Waals surface area contributed by atoms with Crippen molar-refractivity contribution in [1.82, 2.24) is 9.97 Å². The van der Waals surface area contributed by atoms with Crippen molar-refractivity contribution in [3.8, 4) is 6.07 Å². The quantitative estimate of drug-likeness (QED) is 0.611. The molecule has 0 radical (unpaired) electrons. The summed E-state index contributed by atoms with van der Waals surface area (Å²) in [6.45, 7) is 0. The third-order valence-electron chi connectivity index (χ3n) is 2.45. The first-order valence-electron chi connectivity index (χ1n) is 5.54. The maximum absolute atomic E-state index is 11.9. The largest absolute Gasteiger partial charge is 0.294 e. The Morgan fingerprint density at radius 1 is 1.11 bits per heavy atom. The number of hydrogen-bond acceptors (Lipinski definition) is 5. The van der Waals surface area contributed by atoms with E-state index in [0.29, 0.717) is 11.1 Å². The van der Waals surface area contributed by atoms with Crippen LogP contribution in [0.5, 0.6) is 0 Å². The summed E-state index contributed by atoms with van der Waals surface area (Å²) in [5, 5.41) is 8.76. The molecule has 0 bridgehead atoms. The van der Waals surface area contributed by atoms with Gasteiger partial charge in [0.2, 0.25) is 5.78 Å². The summed E-state index contributed by atoms with van der Waals surface area (Å²) in [5.41, 5.74) is 0.720. The lowest BCUT2D eigenvalue weighted by Gasteiger charge is -2.00. The van der Waals surface area contributed by atoms with Gasteiger partial charge in [0.1, 0.15) is 0 Å². The number of carbonyl (C=O) groups is 2. The van der Waals surface area contributed by atoms with E-state index >= 15 is 0 Å². The van der Waals surface area contributed by atoms with E-state index in [1.807, 2.05) is 6.07 Å². The van der Waals surface area contributed by atoms with Gasteiger partial charge in [0.25, 0.3) is 0 Å². The fraction of sp³-hybridized carbons (Fsp3) is 0.0714. The molecule has 0 N–H and O–H groups in total. The smallest absolute Gasteiger partial charge is 0.207 e. The second-order valence-corrected chi connectivity index (χ2v) is 3.79. The van der Waals surface area contributed by atoms with Crippen LogP contribution in [0.1, 0.15) is 33.0 Å². The van der Waals surface area contributed by atoms with Crippen molar-refractivity contribution in [3.05, 3.63) is 59.7 Å². The zero-order chi connectivity index (χ0) is 13.7. The number of Topliss-reactive ketones (excluding diaryl/α,β-unsaturated/α-hetero) is 2. The predicted octanol–water partition coefficient (Wildman–Crippen LogP) is 1.80. The fourth-order valence-corrected chi connectivity index (χ4v) is 1.53. The Morgan fingerprint density at radius 2 is 1.84 bits per heavy atom. The molecule has 0 spiro atoms. The van der Waals surface area contributed by atoms with Gasteiger partial charge in [-0.15, -0.1) is 0 Å². The Morgan fingerprint density at radius 3 is 2.53 bits per heavy atom. The van der Waals surface area contributed by atoms with Crippen LogP contribution in [0, 0.1) is 11.3 Å². The highest BCUT2D eigenvalue weighted by atomic mass is 16.1. The number of nitriles is 1. The first-order chi connectivity index (χ1) is 9.20. The van der Waals surface area contributed by atoms with E-state index in [9.17, 15) is 9.59 Å². The molecule has 1 heterocycles. The number of hydrogen-bond donors (Lipinski definition) is 0. The molecule has 2 aromatic rings. The van der Waals surface area contributed by atoms with Crippen molar-refractivity contribution >= 4 is 11.6 Å². The zero-order valence-electron chi connectivity index (χ0n) is 9.91. The Labute approximate surface area is 109 Å². The molecule has 0 atom stereocenters. The highest BCUT2D eigenvalue weighted by molar-refractivity contribution is 6.12. The maximum Gasteiger partial charge on any atom is 0.207 e. The van der Waals surface area contributed by atoms with Crippen LogP contribution < -0.4 is 0 Å². The molecule has 19 heavy (non-hydrogen) atoms. The van der Waals surface area contributed by atoms with E-state index in [2.05, 4.69) is 9.97 Å². The second-order valence-electron chi connectivity index (χ2n) is 3.79. The summed E-state index contributed by atoms with van der Waals surface area (Å²) in [7, 11) is 0. The van der Waals surface area contributed by atoms with Crippen LogP contribution in [0.3, 0.4) is 0 Å². The number of aromatic nitrogens is 2. The van der Waals surface area contributed by atoms with Crippen LogP contribution in [-0.2, 0) is 0 Å². The highest BCUT2D eigenvalue weighted by Crippen LogP contribution is 2.08. The second kappa shape index (κ2) is 5.65. The monoisotopic (exact) mass is 251 g/mol. The molecule has 0 saturated carbocycles. The molecule has 0 unspecified atom stereocenters. The topological polar surface area (TPSA) is 83.7 Å². The Kier molecular flexibility index (Phi) is 3.74. The fourth-order valence-electron chi connectivity index (χ4n) is 1.53. The maximum atomic E-state index is 11.9. The molecule has 0 amide bonds. The molecule has 0 aliphatic heterocycles. The van der Waals surface area contributed by atoms with Crippen molar-refractivity contribution in [2.45, 2.75) is 6.42 Å². The molecule has 0 fully saturated rings. The first kappa shape index (κ1) is 12.6. The minimum Gasteiger partial charge on any atom is -0.294 e. The number of benzene rings is 1. The predicted molar refractivity (Wildman–Crippen MR) is 66.5 cm³/mol. The van der Waals surface area contributed by atoms with Crippen LogP contribution in [0.15, 0.2) is 42.7 Å². The van der Waals surface area contributed by atoms with E-state index in [4.69, 9.17) is 5.26 Å². The lowest BCUT2D eigenvalue weighted by Crippen LogP contribution is -2.11. The van der Waals surface area contributed by atoms with Gasteiger partial charge in [0.05, 0.1) is 18.1 Å². The molecule has 92 valence electrons. The minimum atomic E-state index is -0.437. The molecular formula is C14H9N3O2. The van der Waals surface area contributed by atoms with Crippen molar-refractivity contribution in [3.63, 3.8) is 0 Å². The molecular weight excluding hydrogens is 242 g/mol. The molecule has 1 aromatic heterocycles. The van der Waals surface area contributed by atoms with E-state index in [1.165, 1.54) is 18.5 Å². The summed E-state index contributed by atoms with van der Waals surface area (Å²) in [6.07, 6.45) is 2.58. The lowest BCUT2D eigenvalue weighted by molar-refractivity contribution is 0.0888. The Hall–Kier alpha value is -2.87. The molecule has 0 aliphatic carbocycles. The summed E-state index contributed by atoms with van der Waals surface area (Å²) in [5.74, 6) is -0.769. The van der Waals surface area contributed by atoms with Crippen molar-refractivity contribution < 1.29 is 9.59 Å². The molecule has 2 rings (SSSR count). The van der Waals surface area contributed by atoms with E-state index in [0.717, 1.165) is 0 Å². The number of carbonyl (C=O) groups excluding carboxylic acids is 2. The summed E-state index contributed by atoms with van der Waals surface area (Å²) >= 11 is 0. The van der Waals surface area contributed by atoms with E-state index in [-0.39, 0.29) is 18.0 Å². The molecule has 1 aromatic carbocycles. The van der Waals surface area contributed by atoms with Crippen LogP contribution >= 0.6 is 0 Å². The van der Waals surface area contributed by atoms with E-state index in [1.54, 1.807) is 24.3 Å². The third-order valence-corrected chi connectivity index (χ3v) is 2.45. The minimum absolute atomic E-state index is 0.0206. The van der Waals surface area contributed by atoms with Crippen molar-refractivity contribution in [2.75, 3.05) is 0 Å². The Balaban J connectivity index is 2.13. The summed E-state index contributed by atoms with van der Waals surface area (Å²) < 4.78 is 0. The van der Waals surface area contributed by atoms with Gasteiger partial charge in [-0.25, -0.2) is 9.97 Å². The number of nitrogens with zero attached hydrogens (tertiary/aromatic N) is 3. The highest BCUT2D eigenvalue weighted by Gasteiger charge is 2.15. The van der Waals surface area contributed by atoms with Gasteiger partial charge in [-0.2, -0.15) is 5.26 Å². The third kappa shape index (κ3) is 3.07. The normalized spacial score (nSPS) is 9.63. The van der Waals surface area contributed by atoms with Gasteiger partial charge in [-0.3, -0.25) is 9.59 Å². The van der Waals surface area contributed by atoms with Gasteiger partial charge >= 0.3 is 0 Å². The van der Waals surface area contributed by atoms with Gasteiger partial charge in [-0.05, 0) is 18.2 Å². The van der Waals surface area contributed by atoms with Gasteiger partial charge in [0, 0.05) is 18.0 Å². The van der Waals surface area contributed by atoms with Crippen LogP contribution in [-0.4, -0.2) is 21.5 Å². The average Bonchev–Trinajstić information content (AvgIpc) is 2.48. The summed E-state index contributed by atoms with van der Waals surface area (Å²) in [6, 6.07) is 9.77. The summed E-state index contributed by atoms with van der Waals surface area (Å²) in [4.78, 5) is 31.3. The zero-order valence-corrected chi connectivity index (χ0v) is 9.91. The SMILES string of the molecule is N#Cc1cccc(C(=O)CC(=O)c2ncccn2)c1. The number of ketones is 2. The van der Waals surface area contributed by atoms with Gasteiger partial charge < -0.3 is 0 Å². The Bertz CT molecular complexity index is 660. The molecule has 0 saturated heterocycles. The van der Waals surface area contributed by atoms with Crippen LogP contribution in [0.4, 0.5) is 0 Å². The molecule has 5 heteroatoms.